The predicted octanol–water partition coefficient (Wildman–Crippen LogP) is -1.12. The van der Waals surface area contributed by atoms with Crippen LogP contribution in [-0.4, -0.2) is 37.7 Å². The van der Waals surface area contributed by atoms with Crippen LogP contribution in [0.15, 0.2) is 15.8 Å². The number of nitrogens with one attached hydrogen (secondary N) is 1. The van der Waals surface area contributed by atoms with Crippen LogP contribution in [0.4, 0.5) is 0 Å². The molecular weight excluding hydrogens is 256 g/mol. The standard InChI is InChI=1S/C11H12N2O4S/c1-2-6-4-13(11(17)12-10(6)16)9-3-7(15)8(5-14)18-9/h1,4,7-9,14-15H,3,5H2,(H,12,16,17)/t7?,8?,9-/m1/s1. The summed E-state index contributed by atoms with van der Waals surface area (Å²) in [5, 5.41) is 18.1. The van der Waals surface area contributed by atoms with Crippen LogP contribution >= 0.6 is 11.8 Å². The lowest BCUT2D eigenvalue weighted by Crippen LogP contribution is -2.32. The van der Waals surface area contributed by atoms with Gasteiger partial charge in [-0.15, -0.1) is 18.2 Å². The highest BCUT2D eigenvalue weighted by Gasteiger charge is 2.34. The molecule has 1 aliphatic heterocycles. The van der Waals surface area contributed by atoms with Crippen LogP contribution in [0.1, 0.15) is 17.4 Å². The average molecular weight is 268 g/mol. The Kier molecular flexibility index (Phi) is 3.61. The summed E-state index contributed by atoms with van der Waals surface area (Å²) >= 11 is 1.28. The van der Waals surface area contributed by atoms with Gasteiger partial charge in [0.1, 0.15) is 5.56 Å². The molecule has 0 radical (unpaired) electrons. The Hall–Kier alpha value is -1.49. The maximum absolute atomic E-state index is 11.7. The lowest BCUT2D eigenvalue weighted by Gasteiger charge is -2.12. The molecule has 0 saturated carbocycles. The molecule has 2 rings (SSSR count). The number of aromatic nitrogens is 2. The Morgan fingerprint density at radius 2 is 2.33 bits per heavy atom. The van der Waals surface area contributed by atoms with E-state index >= 15 is 0 Å². The van der Waals surface area contributed by atoms with Gasteiger partial charge >= 0.3 is 5.69 Å². The monoisotopic (exact) mass is 268 g/mol. The zero-order chi connectivity index (χ0) is 13.3. The molecule has 0 aliphatic carbocycles. The molecule has 0 spiro atoms. The molecule has 0 aromatic carbocycles. The molecule has 1 aliphatic rings. The van der Waals surface area contributed by atoms with E-state index in [-0.39, 0.29) is 22.8 Å². The molecule has 6 nitrogen and oxygen atoms in total. The van der Waals surface area contributed by atoms with Crippen LogP contribution in [0.3, 0.4) is 0 Å². The molecular formula is C11H12N2O4S. The first-order valence-electron chi connectivity index (χ1n) is 5.33. The Bertz CT molecular complexity index is 600. The van der Waals surface area contributed by atoms with Gasteiger partial charge in [0.15, 0.2) is 0 Å². The van der Waals surface area contributed by atoms with Crippen molar-refractivity contribution in [3.05, 3.63) is 32.6 Å². The van der Waals surface area contributed by atoms with E-state index in [0.29, 0.717) is 6.42 Å². The maximum Gasteiger partial charge on any atom is 0.329 e. The van der Waals surface area contributed by atoms with Crippen molar-refractivity contribution in [1.82, 2.24) is 9.55 Å². The minimum absolute atomic E-state index is 0.0668. The van der Waals surface area contributed by atoms with Gasteiger partial charge in [0.25, 0.3) is 5.56 Å². The maximum atomic E-state index is 11.7. The second-order valence-electron chi connectivity index (χ2n) is 3.97. The van der Waals surface area contributed by atoms with Gasteiger partial charge in [-0.2, -0.15) is 0 Å². The molecule has 96 valence electrons. The highest BCUT2D eigenvalue weighted by Crippen LogP contribution is 2.40. The van der Waals surface area contributed by atoms with Crippen LogP contribution in [0.25, 0.3) is 0 Å². The van der Waals surface area contributed by atoms with E-state index in [9.17, 15) is 14.7 Å². The summed E-state index contributed by atoms with van der Waals surface area (Å²) < 4.78 is 1.29. The van der Waals surface area contributed by atoms with Gasteiger partial charge < -0.3 is 10.2 Å². The lowest BCUT2D eigenvalue weighted by atomic mass is 10.2. The molecule has 0 bridgehead atoms. The summed E-state index contributed by atoms with van der Waals surface area (Å²) in [6.07, 6.45) is 6.12. The average Bonchev–Trinajstić information content (AvgIpc) is 2.70. The van der Waals surface area contributed by atoms with Crippen LogP contribution in [0, 0.1) is 12.3 Å². The molecule has 1 fully saturated rings. The lowest BCUT2D eigenvalue weighted by molar-refractivity contribution is 0.137. The zero-order valence-electron chi connectivity index (χ0n) is 9.37. The number of aromatic amines is 1. The van der Waals surface area contributed by atoms with Gasteiger partial charge in [-0.3, -0.25) is 14.3 Å². The van der Waals surface area contributed by atoms with Crippen molar-refractivity contribution in [3.63, 3.8) is 0 Å². The van der Waals surface area contributed by atoms with E-state index in [2.05, 4.69) is 10.9 Å². The number of hydrogen-bond acceptors (Lipinski definition) is 5. The van der Waals surface area contributed by atoms with Crippen LogP contribution < -0.4 is 11.2 Å². The van der Waals surface area contributed by atoms with Crippen molar-refractivity contribution in [2.24, 2.45) is 0 Å². The van der Waals surface area contributed by atoms with Crippen molar-refractivity contribution < 1.29 is 10.2 Å². The van der Waals surface area contributed by atoms with E-state index in [0.717, 1.165) is 0 Å². The van der Waals surface area contributed by atoms with Crippen LogP contribution in [-0.2, 0) is 0 Å². The number of H-pyrrole nitrogens is 1. The van der Waals surface area contributed by atoms with Crippen molar-refractivity contribution >= 4 is 11.8 Å². The first-order chi connectivity index (χ1) is 8.56. The molecule has 3 N–H and O–H groups in total. The Balaban J connectivity index is 2.39. The largest absolute Gasteiger partial charge is 0.395 e. The summed E-state index contributed by atoms with van der Waals surface area (Å²) in [5.41, 5.74) is -1.10. The molecule has 1 saturated heterocycles. The Morgan fingerprint density at radius 3 is 2.89 bits per heavy atom. The number of aliphatic hydroxyl groups is 2. The van der Waals surface area contributed by atoms with E-state index in [4.69, 9.17) is 11.5 Å². The number of rotatable bonds is 2. The highest BCUT2D eigenvalue weighted by molar-refractivity contribution is 8.00. The molecule has 1 aromatic heterocycles. The topological polar surface area (TPSA) is 95.3 Å². The predicted molar refractivity (Wildman–Crippen MR) is 67.4 cm³/mol. The van der Waals surface area contributed by atoms with Gasteiger partial charge in [-0.25, -0.2) is 4.79 Å². The van der Waals surface area contributed by atoms with Crippen molar-refractivity contribution in [2.45, 2.75) is 23.1 Å². The minimum Gasteiger partial charge on any atom is -0.395 e. The van der Waals surface area contributed by atoms with Crippen molar-refractivity contribution in [3.8, 4) is 12.3 Å². The number of terminal acetylenes is 1. The zero-order valence-corrected chi connectivity index (χ0v) is 10.2. The molecule has 0 amide bonds. The van der Waals surface area contributed by atoms with E-state index in [1.807, 2.05) is 0 Å². The van der Waals surface area contributed by atoms with Crippen molar-refractivity contribution in [2.75, 3.05) is 6.61 Å². The summed E-state index contributed by atoms with van der Waals surface area (Å²) in [7, 11) is 0. The third kappa shape index (κ3) is 2.22. The molecule has 18 heavy (non-hydrogen) atoms. The summed E-state index contributed by atoms with van der Waals surface area (Å²) in [5.74, 6) is 2.20. The van der Waals surface area contributed by atoms with Crippen LogP contribution in [0.5, 0.6) is 0 Å². The molecule has 7 heteroatoms. The van der Waals surface area contributed by atoms with Gasteiger partial charge in [0, 0.05) is 12.6 Å². The fraction of sp³-hybridized carbons (Fsp3) is 0.455. The minimum atomic E-state index is -0.682. The Labute approximate surface area is 107 Å². The third-order valence-corrected chi connectivity index (χ3v) is 4.36. The highest BCUT2D eigenvalue weighted by atomic mass is 32.2. The summed E-state index contributed by atoms with van der Waals surface area (Å²) in [6.45, 7) is -0.164. The fourth-order valence-electron chi connectivity index (χ4n) is 1.85. The normalized spacial score (nSPS) is 27.1. The van der Waals surface area contributed by atoms with E-state index in [1.54, 1.807) is 0 Å². The van der Waals surface area contributed by atoms with Crippen molar-refractivity contribution in [1.29, 1.82) is 0 Å². The first kappa shape index (κ1) is 13.0. The first-order valence-corrected chi connectivity index (χ1v) is 6.27. The Morgan fingerprint density at radius 1 is 1.61 bits per heavy atom. The van der Waals surface area contributed by atoms with E-state index < -0.39 is 17.4 Å². The van der Waals surface area contributed by atoms with Gasteiger partial charge in [0.05, 0.1) is 23.3 Å². The van der Waals surface area contributed by atoms with Gasteiger partial charge in [-0.1, -0.05) is 5.92 Å². The van der Waals surface area contributed by atoms with Gasteiger partial charge in [0.2, 0.25) is 0 Å². The second-order valence-corrected chi connectivity index (χ2v) is 5.39. The molecule has 2 unspecified atom stereocenters. The van der Waals surface area contributed by atoms with Crippen LogP contribution in [0.2, 0.25) is 0 Å². The fourth-order valence-corrected chi connectivity index (χ4v) is 3.23. The number of hydrogen-bond donors (Lipinski definition) is 3. The van der Waals surface area contributed by atoms with E-state index in [1.165, 1.54) is 22.5 Å². The number of nitrogens with zero attached hydrogens (tertiary/aromatic N) is 1. The van der Waals surface area contributed by atoms with Gasteiger partial charge in [-0.05, 0) is 0 Å². The summed E-state index contributed by atoms with van der Waals surface area (Å²) in [4.78, 5) is 25.1. The molecule has 1 aromatic rings. The molecule has 2 heterocycles. The quantitative estimate of drug-likeness (QED) is 0.590. The third-order valence-electron chi connectivity index (χ3n) is 2.82. The summed E-state index contributed by atoms with van der Waals surface area (Å²) in [6, 6.07) is 0. The number of thioether (sulfide) groups is 1. The SMILES string of the molecule is C#Cc1cn([C@H]2CC(O)C(CO)S2)c(=O)[nH]c1=O. The second kappa shape index (κ2) is 5.02. The molecule has 3 atom stereocenters. The number of aliphatic hydroxyl groups excluding tert-OH is 2. The smallest absolute Gasteiger partial charge is 0.329 e.